The maximum atomic E-state index is 10.4. The summed E-state index contributed by atoms with van der Waals surface area (Å²) in [4.78, 5) is 8.57. The van der Waals surface area contributed by atoms with Gasteiger partial charge in [-0.1, -0.05) is 18.2 Å². The molecule has 1 aliphatic heterocycles. The number of pyridine rings is 1. The SMILES string of the molecule is CCNC(=NCC(O)c1ccncc1)NC1CC(C)(C)Oc2ccccc21.I. The van der Waals surface area contributed by atoms with Crippen LogP contribution in [0.25, 0.3) is 0 Å². The monoisotopic (exact) mass is 496 g/mol. The number of hydrogen-bond donors (Lipinski definition) is 3. The fourth-order valence-electron chi connectivity index (χ4n) is 3.28. The van der Waals surface area contributed by atoms with Crippen LogP contribution in [0, 0.1) is 0 Å². The molecule has 0 saturated carbocycles. The molecule has 3 rings (SSSR count). The molecule has 2 atom stereocenters. The standard InChI is InChI=1S/C21H28N4O2.HI/c1-4-23-20(24-14-18(26)15-9-11-22-12-10-15)25-17-13-21(2,3)27-19-8-6-5-7-16(17)19;/h5-12,17-18,26H,4,13-14H2,1-3H3,(H2,23,24,25);1H. The van der Waals surface area contributed by atoms with Crippen molar-refractivity contribution in [3.63, 3.8) is 0 Å². The lowest BCUT2D eigenvalue weighted by Gasteiger charge is -2.38. The van der Waals surface area contributed by atoms with E-state index in [4.69, 9.17) is 4.74 Å². The normalized spacial score (nSPS) is 18.9. The lowest BCUT2D eigenvalue weighted by Crippen LogP contribution is -2.45. The highest BCUT2D eigenvalue weighted by molar-refractivity contribution is 14.0. The fourth-order valence-corrected chi connectivity index (χ4v) is 3.28. The second-order valence-electron chi connectivity index (χ2n) is 7.32. The number of guanidine groups is 1. The van der Waals surface area contributed by atoms with Crippen LogP contribution in [-0.2, 0) is 0 Å². The number of halogens is 1. The summed E-state index contributed by atoms with van der Waals surface area (Å²) >= 11 is 0. The van der Waals surface area contributed by atoms with Crippen molar-refractivity contribution < 1.29 is 9.84 Å². The molecule has 2 unspecified atom stereocenters. The average molecular weight is 496 g/mol. The Morgan fingerprint density at radius 3 is 2.71 bits per heavy atom. The molecular weight excluding hydrogens is 467 g/mol. The van der Waals surface area contributed by atoms with E-state index in [-0.39, 0.29) is 42.2 Å². The second kappa shape index (κ2) is 10.1. The highest BCUT2D eigenvalue weighted by Gasteiger charge is 2.33. The number of aliphatic hydroxyl groups excluding tert-OH is 1. The van der Waals surface area contributed by atoms with Crippen molar-refractivity contribution in [2.24, 2.45) is 4.99 Å². The van der Waals surface area contributed by atoms with E-state index in [1.807, 2.05) is 25.1 Å². The molecule has 3 N–H and O–H groups in total. The molecule has 1 aromatic heterocycles. The van der Waals surface area contributed by atoms with Crippen LogP contribution in [-0.4, -0.2) is 34.7 Å². The van der Waals surface area contributed by atoms with Crippen LogP contribution in [0.5, 0.6) is 5.75 Å². The molecule has 28 heavy (non-hydrogen) atoms. The van der Waals surface area contributed by atoms with Crippen molar-refractivity contribution in [2.45, 2.75) is 44.9 Å². The zero-order valence-corrected chi connectivity index (χ0v) is 18.9. The van der Waals surface area contributed by atoms with Crippen LogP contribution in [0.1, 0.15) is 50.5 Å². The Hall–Kier alpha value is -1.87. The number of nitrogens with zero attached hydrogens (tertiary/aromatic N) is 2. The number of aliphatic hydroxyl groups is 1. The van der Waals surface area contributed by atoms with Crippen LogP contribution in [0.3, 0.4) is 0 Å². The van der Waals surface area contributed by atoms with Crippen molar-refractivity contribution in [3.05, 3.63) is 59.9 Å². The number of ether oxygens (including phenoxy) is 1. The quantitative estimate of drug-likeness (QED) is 0.335. The summed E-state index contributed by atoms with van der Waals surface area (Å²) in [5, 5.41) is 17.2. The fraction of sp³-hybridized carbons (Fsp3) is 0.429. The maximum Gasteiger partial charge on any atom is 0.191 e. The first-order valence-corrected chi connectivity index (χ1v) is 9.39. The molecule has 1 aromatic carbocycles. The summed E-state index contributed by atoms with van der Waals surface area (Å²) in [6, 6.07) is 11.8. The number of hydrogen-bond acceptors (Lipinski definition) is 4. The van der Waals surface area contributed by atoms with Crippen molar-refractivity contribution >= 4 is 29.9 Å². The van der Waals surface area contributed by atoms with Gasteiger partial charge >= 0.3 is 0 Å². The smallest absolute Gasteiger partial charge is 0.191 e. The van der Waals surface area contributed by atoms with Gasteiger partial charge in [0, 0.05) is 30.9 Å². The molecule has 0 saturated heterocycles. The number of aliphatic imine (C=N–C) groups is 1. The topological polar surface area (TPSA) is 78.8 Å². The van der Waals surface area contributed by atoms with Gasteiger partial charge in [-0.2, -0.15) is 0 Å². The molecule has 0 amide bonds. The van der Waals surface area contributed by atoms with Gasteiger partial charge in [0.1, 0.15) is 11.4 Å². The predicted octanol–water partition coefficient (Wildman–Crippen LogP) is 3.59. The molecule has 1 aliphatic rings. The number of para-hydroxylation sites is 1. The minimum atomic E-state index is -0.665. The highest BCUT2D eigenvalue weighted by Crippen LogP contribution is 2.39. The van der Waals surface area contributed by atoms with E-state index in [0.717, 1.165) is 29.8 Å². The minimum Gasteiger partial charge on any atom is -0.487 e. The summed E-state index contributed by atoms with van der Waals surface area (Å²) in [6.45, 7) is 7.22. The first-order chi connectivity index (χ1) is 13.0. The maximum absolute atomic E-state index is 10.4. The molecule has 0 radical (unpaired) electrons. The van der Waals surface area contributed by atoms with Gasteiger partial charge in [0.05, 0.1) is 18.7 Å². The summed E-state index contributed by atoms with van der Waals surface area (Å²) in [5.74, 6) is 1.59. The van der Waals surface area contributed by atoms with E-state index < -0.39 is 6.10 Å². The lowest BCUT2D eigenvalue weighted by atomic mass is 9.90. The second-order valence-corrected chi connectivity index (χ2v) is 7.32. The molecular formula is C21H29IN4O2. The van der Waals surface area contributed by atoms with Gasteiger partial charge in [0.15, 0.2) is 5.96 Å². The number of benzene rings is 1. The van der Waals surface area contributed by atoms with Crippen molar-refractivity contribution in [1.82, 2.24) is 15.6 Å². The Labute approximate surface area is 183 Å². The first-order valence-electron chi connectivity index (χ1n) is 9.39. The molecule has 6 nitrogen and oxygen atoms in total. The summed E-state index contributed by atoms with van der Waals surface area (Å²) in [6.07, 6.45) is 3.50. The molecule has 0 fully saturated rings. The Kier molecular flexibility index (Phi) is 8.06. The van der Waals surface area contributed by atoms with E-state index >= 15 is 0 Å². The Bertz CT molecular complexity index is 783. The minimum absolute atomic E-state index is 0. The van der Waals surface area contributed by atoms with Gasteiger partial charge in [-0.3, -0.25) is 9.98 Å². The van der Waals surface area contributed by atoms with Gasteiger partial charge in [-0.25, -0.2) is 0 Å². The Morgan fingerprint density at radius 2 is 2.00 bits per heavy atom. The molecule has 2 heterocycles. The molecule has 0 spiro atoms. The summed E-state index contributed by atoms with van der Waals surface area (Å²) in [7, 11) is 0. The van der Waals surface area contributed by atoms with Crippen molar-refractivity contribution in [3.8, 4) is 5.75 Å². The third kappa shape index (κ3) is 5.81. The van der Waals surface area contributed by atoms with Gasteiger partial charge in [-0.15, -0.1) is 24.0 Å². The van der Waals surface area contributed by atoms with Crippen molar-refractivity contribution in [1.29, 1.82) is 0 Å². The first kappa shape index (κ1) is 22.4. The zero-order chi connectivity index (χ0) is 19.3. The highest BCUT2D eigenvalue weighted by atomic mass is 127. The third-order valence-corrected chi connectivity index (χ3v) is 4.54. The zero-order valence-electron chi connectivity index (χ0n) is 16.6. The molecule has 152 valence electrons. The van der Waals surface area contributed by atoms with Crippen LogP contribution < -0.4 is 15.4 Å². The number of fused-ring (bicyclic) bond motifs is 1. The van der Waals surface area contributed by atoms with Gasteiger partial charge in [0.25, 0.3) is 0 Å². The van der Waals surface area contributed by atoms with E-state index in [1.165, 1.54) is 0 Å². The van der Waals surface area contributed by atoms with Crippen LogP contribution in [0.15, 0.2) is 53.8 Å². The Morgan fingerprint density at radius 1 is 1.29 bits per heavy atom. The predicted molar refractivity (Wildman–Crippen MR) is 122 cm³/mol. The summed E-state index contributed by atoms with van der Waals surface area (Å²) in [5.41, 5.74) is 1.67. The summed E-state index contributed by atoms with van der Waals surface area (Å²) < 4.78 is 6.10. The van der Waals surface area contributed by atoms with Crippen molar-refractivity contribution in [2.75, 3.05) is 13.1 Å². The van der Waals surface area contributed by atoms with E-state index in [9.17, 15) is 5.11 Å². The Balaban J connectivity index is 0.00000280. The number of rotatable bonds is 5. The molecule has 0 bridgehead atoms. The van der Waals surface area contributed by atoms with Gasteiger partial charge < -0.3 is 20.5 Å². The molecule has 0 aliphatic carbocycles. The third-order valence-electron chi connectivity index (χ3n) is 4.54. The number of nitrogens with one attached hydrogen (secondary N) is 2. The largest absolute Gasteiger partial charge is 0.487 e. The lowest BCUT2D eigenvalue weighted by molar-refractivity contribution is 0.0693. The van der Waals surface area contributed by atoms with E-state index in [2.05, 4.69) is 40.5 Å². The van der Waals surface area contributed by atoms with Crippen LogP contribution in [0.4, 0.5) is 0 Å². The van der Waals surface area contributed by atoms with E-state index in [0.29, 0.717) is 5.96 Å². The molecule has 2 aromatic rings. The van der Waals surface area contributed by atoms with Gasteiger partial charge in [-0.05, 0) is 44.5 Å². The number of aromatic nitrogens is 1. The molecule has 7 heteroatoms. The average Bonchev–Trinajstić information content (AvgIpc) is 2.66. The van der Waals surface area contributed by atoms with Crippen LogP contribution in [0.2, 0.25) is 0 Å². The van der Waals surface area contributed by atoms with Gasteiger partial charge in [0.2, 0.25) is 0 Å². The van der Waals surface area contributed by atoms with Crippen LogP contribution >= 0.6 is 24.0 Å². The van der Waals surface area contributed by atoms with E-state index in [1.54, 1.807) is 24.5 Å².